The van der Waals surface area contributed by atoms with Gasteiger partial charge in [-0.25, -0.2) is 4.79 Å². The lowest BCUT2D eigenvalue weighted by molar-refractivity contribution is -0.166. The lowest BCUT2D eigenvalue weighted by Crippen LogP contribution is -2.29. The van der Waals surface area contributed by atoms with Gasteiger partial charge >= 0.3 is 5.97 Å². The summed E-state index contributed by atoms with van der Waals surface area (Å²) >= 11 is 0. The summed E-state index contributed by atoms with van der Waals surface area (Å²) in [6.45, 7) is 15.0. The van der Waals surface area contributed by atoms with Crippen LogP contribution in [-0.2, 0) is 20.7 Å². The molecular weight excluding hydrogens is 462 g/mol. The number of benzene rings is 3. The normalized spacial score (nSPS) is 14.0. The molecule has 1 aliphatic rings. The quantitative estimate of drug-likeness (QED) is 0.270. The van der Waals surface area contributed by atoms with Gasteiger partial charge in [0.25, 0.3) is 0 Å². The first-order valence-corrected chi connectivity index (χ1v) is 13.0. The highest BCUT2D eigenvalue weighted by Gasteiger charge is 2.34. The van der Waals surface area contributed by atoms with E-state index in [1.165, 1.54) is 16.7 Å². The van der Waals surface area contributed by atoms with Crippen LogP contribution < -0.4 is 4.74 Å². The van der Waals surface area contributed by atoms with Gasteiger partial charge in [0.15, 0.2) is 6.10 Å². The van der Waals surface area contributed by atoms with Gasteiger partial charge in [-0.15, -0.1) is 0 Å². The Morgan fingerprint density at radius 3 is 2.57 bits per heavy atom. The average Bonchev–Trinajstić information content (AvgIpc) is 2.85. The second-order valence-corrected chi connectivity index (χ2v) is 10.9. The number of hydrogen-bond acceptors (Lipinski definition) is 5. The molecule has 0 bridgehead atoms. The fourth-order valence-corrected chi connectivity index (χ4v) is 5.41. The second kappa shape index (κ2) is 9.46. The summed E-state index contributed by atoms with van der Waals surface area (Å²) in [6, 6.07) is 12.7. The summed E-state index contributed by atoms with van der Waals surface area (Å²) in [7, 11) is 0. The molecule has 5 heteroatoms. The standard InChI is InChI=1S/C32H35NO4/c1-8-35-31(34)30(37-32(5,6)7)26-19(3)17-24-20(4)18(2)9-10-22(24)28(26)23-11-12-25-27-21(14-16-36-25)13-15-33-29(23)27/h9-13,15,17,30H,8,14,16H2,1-7H3/t30-/m0/s1. The zero-order valence-electron chi connectivity index (χ0n) is 22.8. The Bertz CT molecular complexity index is 1520. The molecule has 0 fully saturated rings. The maximum Gasteiger partial charge on any atom is 0.339 e. The van der Waals surface area contributed by atoms with Gasteiger partial charge in [-0.3, -0.25) is 4.98 Å². The molecule has 192 valence electrons. The van der Waals surface area contributed by atoms with Crippen LogP contribution in [0.1, 0.15) is 61.6 Å². The van der Waals surface area contributed by atoms with Gasteiger partial charge in [-0.05, 0) is 105 Å². The van der Waals surface area contributed by atoms with Gasteiger partial charge in [0.1, 0.15) is 5.75 Å². The molecule has 4 aromatic rings. The SMILES string of the molecule is CCOC(=O)[C@@H](OC(C)(C)C)c1c(C)cc2c(C)c(C)ccc2c1-c1ccc2c3c(ccnc13)CCO2. The fourth-order valence-electron chi connectivity index (χ4n) is 5.41. The summed E-state index contributed by atoms with van der Waals surface area (Å²) in [6.07, 6.45) is 1.83. The van der Waals surface area contributed by atoms with E-state index in [0.29, 0.717) is 6.61 Å². The summed E-state index contributed by atoms with van der Waals surface area (Å²) in [5, 5.41) is 3.26. The lowest BCUT2D eigenvalue weighted by Gasteiger charge is -2.30. The minimum absolute atomic E-state index is 0.281. The maximum atomic E-state index is 13.5. The van der Waals surface area contributed by atoms with Gasteiger partial charge in [-0.1, -0.05) is 18.2 Å². The summed E-state index contributed by atoms with van der Waals surface area (Å²) in [5.41, 5.74) is 7.71. The molecule has 0 amide bonds. The van der Waals surface area contributed by atoms with E-state index in [0.717, 1.165) is 56.1 Å². The lowest BCUT2D eigenvalue weighted by atomic mass is 9.84. The van der Waals surface area contributed by atoms with Crippen molar-refractivity contribution in [3.63, 3.8) is 0 Å². The van der Waals surface area contributed by atoms with Crippen molar-refractivity contribution in [2.75, 3.05) is 13.2 Å². The molecule has 0 unspecified atom stereocenters. The van der Waals surface area contributed by atoms with Gasteiger partial charge in [0, 0.05) is 29.1 Å². The van der Waals surface area contributed by atoms with E-state index in [-0.39, 0.29) is 12.6 Å². The first-order chi connectivity index (χ1) is 17.6. The molecule has 0 radical (unpaired) electrons. The highest BCUT2D eigenvalue weighted by Crippen LogP contribution is 2.46. The summed E-state index contributed by atoms with van der Waals surface area (Å²) in [4.78, 5) is 18.3. The van der Waals surface area contributed by atoms with E-state index in [9.17, 15) is 4.79 Å². The van der Waals surface area contributed by atoms with Crippen LogP contribution in [0.5, 0.6) is 5.75 Å². The van der Waals surface area contributed by atoms with E-state index in [1.54, 1.807) is 0 Å². The Morgan fingerprint density at radius 2 is 1.84 bits per heavy atom. The Labute approximate surface area is 218 Å². The van der Waals surface area contributed by atoms with Gasteiger partial charge in [-0.2, -0.15) is 0 Å². The molecule has 0 saturated heterocycles. The molecular formula is C32H35NO4. The third-order valence-electron chi connectivity index (χ3n) is 7.18. The molecule has 3 aromatic carbocycles. The van der Waals surface area contributed by atoms with E-state index >= 15 is 0 Å². The Morgan fingerprint density at radius 1 is 1.05 bits per heavy atom. The smallest absolute Gasteiger partial charge is 0.339 e. The maximum absolute atomic E-state index is 13.5. The number of esters is 1. The number of ether oxygens (including phenoxy) is 3. The second-order valence-electron chi connectivity index (χ2n) is 10.9. The number of carbonyl (C=O) groups excluding carboxylic acids is 1. The minimum atomic E-state index is -0.886. The molecule has 1 aliphatic heterocycles. The largest absolute Gasteiger partial charge is 0.493 e. The Balaban J connectivity index is 1.92. The zero-order valence-corrected chi connectivity index (χ0v) is 22.8. The van der Waals surface area contributed by atoms with Crippen molar-refractivity contribution >= 4 is 27.6 Å². The molecule has 0 aliphatic carbocycles. The molecule has 5 nitrogen and oxygen atoms in total. The van der Waals surface area contributed by atoms with E-state index in [2.05, 4.69) is 51.1 Å². The molecule has 37 heavy (non-hydrogen) atoms. The number of rotatable bonds is 5. The highest BCUT2D eigenvalue weighted by atomic mass is 16.6. The summed E-state index contributed by atoms with van der Waals surface area (Å²) in [5.74, 6) is 0.468. The van der Waals surface area contributed by atoms with Gasteiger partial charge in [0.2, 0.25) is 0 Å². The van der Waals surface area contributed by atoms with Crippen molar-refractivity contribution in [2.45, 2.75) is 66.6 Å². The number of aryl methyl sites for hydroxylation is 3. The molecule has 1 atom stereocenters. The van der Waals surface area contributed by atoms with Crippen molar-refractivity contribution < 1.29 is 19.0 Å². The predicted octanol–water partition coefficient (Wildman–Crippen LogP) is 7.33. The van der Waals surface area contributed by atoms with Crippen LogP contribution in [0.2, 0.25) is 0 Å². The van der Waals surface area contributed by atoms with Crippen LogP contribution in [0.15, 0.2) is 42.6 Å². The van der Waals surface area contributed by atoms with Crippen LogP contribution in [0, 0.1) is 20.8 Å². The number of pyridine rings is 1. The molecule has 0 saturated carbocycles. The van der Waals surface area contributed by atoms with E-state index in [1.807, 2.05) is 40.0 Å². The van der Waals surface area contributed by atoms with Crippen LogP contribution in [0.3, 0.4) is 0 Å². The third-order valence-corrected chi connectivity index (χ3v) is 7.18. The van der Waals surface area contributed by atoms with Crippen molar-refractivity contribution in [3.05, 3.63) is 70.4 Å². The van der Waals surface area contributed by atoms with Crippen LogP contribution in [0.25, 0.3) is 32.8 Å². The van der Waals surface area contributed by atoms with Crippen molar-refractivity contribution in [2.24, 2.45) is 0 Å². The minimum Gasteiger partial charge on any atom is -0.493 e. The topological polar surface area (TPSA) is 57.7 Å². The average molecular weight is 498 g/mol. The molecule has 1 aromatic heterocycles. The first-order valence-electron chi connectivity index (χ1n) is 13.0. The fraction of sp³-hybridized carbons (Fsp3) is 0.375. The first kappa shape index (κ1) is 25.2. The number of aromatic nitrogens is 1. The van der Waals surface area contributed by atoms with E-state index < -0.39 is 11.7 Å². The van der Waals surface area contributed by atoms with Crippen molar-refractivity contribution in [1.82, 2.24) is 4.98 Å². The van der Waals surface area contributed by atoms with Crippen molar-refractivity contribution in [1.29, 1.82) is 0 Å². The molecule has 0 spiro atoms. The third kappa shape index (κ3) is 4.46. The van der Waals surface area contributed by atoms with Crippen molar-refractivity contribution in [3.8, 4) is 16.9 Å². The van der Waals surface area contributed by atoms with E-state index in [4.69, 9.17) is 19.2 Å². The van der Waals surface area contributed by atoms with Crippen LogP contribution >= 0.6 is 0 Å². The monoisotopic (exact) mass is 497 g/mol. The summed E-state index contributed by atoms with van der Waals surface area (Å²) < 4.78 is 18.0. The van der Waals surface area contributed by atoms with Gasteiger partial charge < -0.3 is 14.2 Å². The number of carbonyl (C=O) groups is 1. The molecule has 0 N–H and O–H groups in total. The molecule has 5 rings (SSSR count). The Hall–Kier alpha value is -3.44. The Kier molecular flexibility index (Phi) is 6.45. The zero-order chi connectivity index (χ0) is 26.5. The van der Waals surface area contributed by atoms with Crippen LogP contribution in [0.4, 0.5) is 0 Å². The van der Waals surface area contributed by atoms with Gasteiger partial charge in [0.05, 0.1) is 24.3 Å². The molecule has 2 heterocycles. The number of fused-ring (bicyclic) bond motifs is 1. The predicted molar refractivity (Wildman–Crippen MR) is 148 cm³/mol. The van der Waals surface area contributed by atoms with Crippen LogP contribution in [-0.4, -0.2) is 29.8 Å². The number of nitrogens with zero attached hydrogens (tertiary/aromatic N) is 1. The number of hydrogen-bond donors (Lipinski definition) is 0. The highest BCUT2D eigenvalue weighted by molar-refractivity contribution is 6.09.